The number of amides is 2. The quantitative estimate of drug-likeness (QED) is 0.787. The lowest BCUT2D eigenvalue weighted by molar-refractivity contribution is 0.0496. The molecule has 0 bridgehead atoms. The lowest BCUT2D eigenvalue weighted by Gasteiger charge is -2.25. The van der Waals surface area contributed by atoms with E-state index >= 15 is 0 Å². The minimum Gasteiger partial charge on any atom is -0.444 e. The normalized spacial score (nSPS) is 19.3. The van der Waals surface area contributed by atoms with Crippen molar-refractivity contribution in [3.63, 3.8) is 0 Å². The average molecular weight is 427 g/mol. The molecule has 1 aromatic rings. The van der Waals surface area contributed by atoms with Crippen LogP contribution in [0, 0.1) is 11.6 Å². The summed E-state index contributed by atoms with van der Waals surface area (Å²) in [7, 11) is 0. The number of hydrogen-bond acceptors (Lipinski definition) is 6. The van der Waals surface area contributed by atoms with Gasteiger partial charge in [-0.1, -0.05) is 0 Å². The van der Waals surface area contributed by atoms with Crippen molar-refractivity contribution in [3.05, 3.63) is 35.4 Å². The maximum Gasteiger partial charge on any atom is 0.414 e. The van der Waals surface area contributed by atoms with Crippen LogP contribution in [0.3, 0.4) is 0 Å². The zero-order valence-electron chi connectivity index (χ0n) is 16.4. The first-order valence-electron chi connectivity index (χ1n) is 9.13. The molecule has 0 saturated carbocycles. The second kappa shape index (κ2) is 8.48. The van der Waals surface area contributed by atoms with Crippen molar-refractivity contribution >= 4 is 35.3 Å². The first-order valence-corrected chi connectivity index (χ1v) is 10.2. The van der Waals surface area contributed by atoms with E-state index in [9.17, 15) is 18.4 Å². The van der Waals surface area contributed by atoms with E-state index in [0.717, 1.165) is 22.8 Å². The standard InChI is InChI=1S/C19H23F2N3O4S/c1-19(2,3)28-17(25)22-10-13-11-24(18(26)27-13)12-8-14(20)16(15(21)9-12)23-4-6-29-7-5-23/h4,6,8-9,13H,5,7,10-11H2,1-3H3,(H,22,25). The summed E-state index contributed by atoms with van der Waals surface area (Å²) < 4.78 is 39.5. The molecule has 7 nitrogen and oxygen atoms in total. The molecule has 2 amide bonds. The molecule has 0 aromatic heterocycles. The number of anilines is 2. The van der Waals surface area contributed by atoms with E-state index in [-0.39, 0.29) is 24.5 Å². The molecule has 1 aromatic carbocycles. The fourth-order valence-corrected chi connectivity index (χ4v) is 3.60. The van der Waals surface area contributed by atoms with Gasteiger partial charge in [-0.25, -0.2) is 18.4 Å². The van der Waals surface area contributed by atoms with E-state index in [2.05, 4.69) is 5.32 Å². The van der Waals surface area contributed by atoms with Crippen LogP contribution in [0.1, 0.15) is 20.8 Å². The van der Waals surface area contributed by atoms with Crippen molar-refractivity contribution in [2.75, 3.05) is 35.2 Å². The van der Waals surface area contributed by atoms with Crippen LogP contribution in [-0.2, 0) is 9.47 Å². The van der Waals surface area contributed by atoms with Crippen molar-refractivity contribution in [1.82, 2.24) is 5.32 Å². The Morgan fingerprint density at radius 2 is 2.03 bits per heavy atom. The van der Waals surface area contributed by atoms with Crippen molar-refractivity contribution in [1.29, 1.82) is 0 Å². The Morgan fingerprint density at radius 3 is 2.62 bits per heavy atom. The number of nitrogens with one attached hydrogen (secondary N) is 1. The fourth-order valence-electron chi connectivity index (χ4n) is 2.93. The first-order chi connectivity index (χ1) is 13.6. The summed E-state index contributed by atoms with van der Waals surface area (Å²) in [6.45, 7) is 5.75. The number of cyclic esters (lactones) is 1. The molecular formula is C19H23F2N3O4S. The Balaban J connectivity index is 1.66. The highest BCUT2D eigenvalue weighted by atomic mass is 32.2. The Morgan fingerprint density at radius 1 is 1.34 bits per heavy atom. The van der Waals surface area contributed by atoms with E-state index in [1.165, 1.54) is 4.90 Å². The molecule has 1 atom stereocenters. The number of benzene rings is 1. The molecule has 1 N–H and O–H groups in total. The maximum atomic E-state index is 14.6. The monoisotopic (exact) mass is 427 g/mol. The van der Waals surface area contributed by atoms with Crippen LogP contribution in [-0.4, -0.2) is 49.3 Å². The molecule has 0 radical (unpaired) electrons. The summed E-state index contributed by atoms with van der Waals surface area (Å²) >= 11 is 1.56. The number of hydrogen-bond donors (Lipinski definition) is 1. The Hall–Kier alpha value is -2.49. The molecule has 1 unspecified atom stereocenters. The number of thioether (sulfide) groups is 1. The Labute approximate surface area is 172 Å². The zero-order chi connectivity index (χ0) is 21.2. The molecular weight excluding hydrogens is 404 g/mol. The minimum absolute atomic E-state index is 0.0242. The Kier molecular flexibility index (Phi) is 6.21. The van der Waals surface area contributed by atoms with Crippen LogP contribution in [0.2, 0.25) is 0 Å². The zero-order valence-corrected chi connectivity index (χ0v) is 17.2. The van der Waals surface area contributed by atoms with Gasteiger partial charge in [-0.2, -0.15) is 0 Å². The highest BCUT2D eigenvalue weighted by Gasteiger charge is 2.34. The second-order valence-electron chi connectivity index (χ2n) is 7.61. The third kappa shape index (κ3) is 5.31. The maximum absolute atomic E-state index is 14.6. The van der Waals surface area contributed by atoms with Crippen molar-refractivity contribution < 1.29 is 27.8 Å². The van der Waals surface area contributed by atoms with E-state index in [4.69, 9.17) is 9.47 Å². The molecule has 2 aliphatic heterocycles. The highest BCUT2D eigenvalue weighted by molar-refractivity contribution is 8.02. The summed E-state index contributed by atoms with van der Waals surface area (Å²) in [5, 5.41) is 4.29. The van der Waals surface area contributed by atoms with Gasteiger partial charge in [-0.15, -0.1) is 11.8 Å². The lowest BCUT2D eigenvalue weighted by atomic mass is 10.2. The smallest absolute Gasteiger partial charge is 0.414 e. The summed E-state index contributed by atoms with van der Waals surface area (Å²) in [4.78, 5) is 26.5. The van der Waals surface area contributed by atoms with Gasteiger partial charge in [0, 0.05) is 30.6 Å². The van der Waals surface area contributed by atoms with Gasteiger partial charge in [-0.05, 0) is 26.2 Å². The van der Waals surface area contributed by atoms with Gasteiger partial charge >= 0.3 is 12.2 Å². The largest absolute Gasteiger partial charge is 0.444 e. The second-order valence-corrected chi connectivity index (χ2v) is 8.62. The molecule has 1 saturated heterocycles. The lowest BCUT2D eigenvalue weighted by Crippen LogP contribution is -2.38. The third-order valence-corrected chi connectivity index (χ3v) is 4.87. The first kappa shape index (κ1) is 21.2. The predicted molar refractivity (Wildman–Crippen MR) is 107 cm³/mol. The van der Waals surface area contributed by atoms with Gasteiger partial charge in [-0.3, -0.25) is 4.90 Å². The number of carbonyl (C=O) groups is 2. The van der Waals surface area contributed by atoms with E-state index in [0.29, 0.717) is 6.54 Å². The molecule has 2 aliphatic rings. The van der Waals surface area contributed by atoms with E-state index < -0.39 is 35.5 Å². The SMILES string of the molecule is CC(C)(C)OC(=O)NCC1CN(c2cc(F)c(N3C=CSCC3)c(F)c2)C(=O)O1. The molecule has 1 fully saturated rings. The minimum atomic E-state index is -0.764. The van der Waals surface area contributed by atoms with Crippen LogP contribution in [0.5, 0.6) is 0 Å². The summed E-state index contributed by atoms with van der Waals surface area (Å²) in [5.74, 6) is -0.804. The number of carbonyl (C=O) groups excluding carboxylic acids is 2. The van der Waals surface area contributed by atoms with Crippen LogP contribution in [0.15, 0.2) is 23.7 Å². The average Bonchev–Trinajstić information content (AvgIpc) is 3.00. The van der Waals surface area contributed by atoms with Gasteiger partial charge < -0.3 is 19.7 Å². The molecule has 0 aliphatic carbocycles. The molecule has 29 heavy (non-hydrogen) atoms. The van der Waals surface area contributed by atoms with Gasteiger partial charge in [0.15, 0.2) is 11.6 Å². The Bertz CT molecular complexity index is 805. The highest BCUT2D eigenvalue weighted by Crippen LogP contribution is 2.32. The van der Waals surface area contributed by atoms with Crippen molar-refractivity contribution in [2.24, 2.45) is 0 Å². The summed E-state index contributed by atoms with van der Waals surface area (Å²) in [6, 6.07) is 2.22. The summed E-state index contributed by atoms with van der Waals surface area (Å²) in [6.07, 6.45) is -0.413. The van der Waals surface area contributed by atoms with Crippen molar-refractivity contribution in [2.45, 2.75) is 32.5 Å². The van der Waals surface area contributed by atoms with Crippen molar-refractivity contribution in [3.8, 4) is 0 Å². The number of rotatable bonds is 4. The van der Waals surface area contributed by atoms with Crippen LogP contribution in [0.4, 0.5) is 29.7 Å². The van der Waals surface area contributed by atoms with Gasteiger partial charge in [0.25, 0.3) is 0 Å². The summed E-state index contributed by atoms with van der Waals surface area (Å²) in [5.41, 5.74) is -0.744. The molecule has 10 heteroatoms. The molecule has 158 valence electrons. The van der Waals surface area contributed by atoms with Crippen LogP contribution < -0.4 is 15.1 Å². The van der Waals surface area contributed by atoms with Gasteiger partial charge in [0.2, 0.25) is 0 Å². The molecule has 2 heterocycles. The number of nitrogens with zero attached hydrogens (tertiary/aromatic N) is 2. The number of halogens is 2. The predicted octanol–water partition coefficient (Wildman–Crippen LogP) is 3.84. The van der Waals surface area contributed by atoms with E-state index in [1.54, 1.807) is 44.1 Å². The third-order valence-electron chi connectivity index (χ3n) is 4.13. The van der Waals surface area contributed by atoms with Gasteiger partial charge in [0.05, 0.1) is 18.8 Å². The number of ether oxygens (including phenoxy) is 2. The molecule has 3 rings (SSSR count). The van der Waals surface area contributed by atoms with Gasteiger partial charge in [0.1, 0.15) is 17.4 Å². The molecule has 0 spiro atoms. The number of alkyl carbamates (subject to hydrolysis) is 1. The van der Waals surface area contributed by atoms with Crippen LogP contribution in [0.25, 0.3) is 0 Å². The van der Waals surface area contributed by atoms with Crippen LogP contribution >= 0.6 is 11.8 Å². The fraction of sp³-hybridized carbons (Fsp3) is 0.474. The topological polar surface area (TPSA) is 71.1 Å². The van der Waals surface area contributed by atoms with E-state index in [1.807, 2.05) is 0 Å².